The maximum Gasteiger partial charge on any atom is 0.250 e. The standard InChI is InChI=1S/C17H13BrN2O/c18-15-7-8-17(21)20(12-15)11-14-4-1-2-6-16(14)13-5-3-9-19-10-13/h1-10,12H,11H2. The number of benzene rings is 1. The molecule has 3 rings (SSSR count). The highest BCUT2D eigenvalue weighted by Crippen LogP contribution is 2.23. The molecule has 3 aromatic rings. The van der Waals surface area contributed by atoms with Gasteiger partial charge in [-0.25, -0.2) is 0 Å². The molecular weight excluding hydrogens is 328 g/mol. The summed E-state index contributed by atoms with van der Waals surface area (Å²) in [7, 11) is 0. The summed E-state index contributed by atoms with van der Waals surface area (Å²) >= 11 is 3.40. The second-order valence-electron chi connectivity index (χ2n) is 4.71. The van der Waals surface area contributed by atoms with E-state index in [2.05, 4.69) is 27.0 Å². The predicted octanol–water partition coefficient (Wildman–Crippen LogP) is 3.72. The van der Waals surface area contributed by atoms with Gasteiger partial charge in [-0.1, -0.05) is 30.3 Å². The molecule has 0 fully saturated rings. The molecule has 0 saturated heterocycles. The van der Waals surface area contributed by atoms with E-state index in [0.717, 1.165) is 21.2 Å². The van der Waals surface area contributed by atoms with Crippen LogP contribution in [0.4, 0.5) is 0 Å². The lowest BCUT2D eigenvalue weighted by Gasteiger charge is -2.11. The summed E-state index contributed by atoms with van der Waals surface area (Å²) in [5.74, 6) is 0. The first-order valence-corrected chi connectivity index (χ1v) is 7.37. The van der Waals surface area contributed by atoms with Crippen molar-refractivity contribution in [1.82, 2.24) is 9.55 Å². The van der Waals surface area contributed by atoms with Crippen molar-refractivity contribution >= 4 is 15.9 Å². The zero-order valence-corrected chi connectivity index (χ0v) is 12.8. The zero-order valence-electron chi connectivity index (χ0n) is 11.2. The van der Waals surface area contributed by atoms with Crippen molar-refractivity contribution in [3.63, 3.8) is 0 Å². The highest BCUT2D eigenvalue weighted by Gasteiger charge is 2.06. The van der Waals surface area contributed by atoms with Crippen LogP contribution in [0.3, 0.4) is 0 Å². The second-order valence-corrected chi connectivity index (χ2v) is 5.63. The molecule has 0 aliphatic carbocycles. The Morgan fingerprint density at radius 1 is 1.05 bits per heavy atom. The van der Waals surface area contributed by atoms with Gasteiger partial charge in [0.2, 0.25) is 0 Å². The van der Waals surface area contributed by atoms with Gasteiger partial charge < -0.3 is 4.57 Å². The lowest BCUT2D eigenvalue weighted by Crippen LogP contribution is -2.19. The Kier molecular flexibility index (Phi) is 3.97. The topological polar surface area (TPSA) is 34.9 Å². The number of pyridine rings is 2. The molecule has 21 heavy (non-hydrogen) atoms. The van der Waals surface area contributed by atoms with E-state index in [9.17, 15) is 4.79 Å². The average molecular weight is 341 g/mol. The van der Waals surface area contributed by atoms with Crippen molar-refractivity contribution in [3.05, 3.63) is 87.5 Å². The van der Waals surface area contributed by atoms with Crippen LogP contribution < -0.4 is 5.56 Å². The van der Waals surface area contributed by atoms with Gasteiger partial charge in [-0.2, -0.15) is 0 Å². The fraction of sp³-hybridized carbons (Fsp3) is 0.0588. The van der Waals surface area contributed by atoms with Gasteiger partial charge in [0.15, 0.2) is 0 Å². The molecule has 2 aromatic heterocycles. The van der Waals surface area contributed by atoms with Crippen LogP contribution in [0.15, 0.2) is 76.4 Å². The third-order valence-electron chi connectivity index (χ3n) is 3.28. The number of halogens is 1. The van der Waals surface area contributed by atoms with Crippen LogP contribution in [0.5, 0.6) is 0 Å². The predicted molar refractivity (Wildman–Crippen MR) is 87.2 cm³/mol. The molecule has 1 aromatic carbocycles. The molecule has 3 nitrogen and oxygen atoms in total. The van der Waals surface area contributed by atoms with Gasteiger partial charge in [-0.05, 0) is 39.2 Å². The van der Waals surface area contributed by atoms with Crippen molar-refractivity contribution < 1.29 is 0 Å². The van der Waals surface area contributed by atoms with Crippen LogP contribution in [-0.2, 0) is 6.54 Å². The number of rotatable bonds is 3. The van der Waals surface area contributed by atoms with E-state index in [0.29, 0.717) is 6.54 Å². The molecule has 0 aliphatic heterocycles. The zero-order chi connectivity index (χ0) is 14.7. The van der Waals surface area contributed by atoms with Crippen molar-refractivity contribution in [3.8, 4) is 11.1 Å². The molecule has 0 unspecified atom stereocenters. The second kappa shape index (κ2) is 6.06. The third kappa shape index (κ3) is 3.11. The van der Waals surface area contributed by atoms with Gasteiger partial charge in [0.05, 0.1) is 6.54 Å². The molecule has 0 spiro atoms. The summed E-state index contributed by atoms with van der Waals surface area (Å²) < 4.78 is 2.58. The molecule has 0 amide bonds. The van der Waals surface area contributed by atoms with Crippen LogP contribution in [0, 0.1) is 0 Å². The minimum atomic E-state index is -0.0146. The summed E-state index contributed by atoms with van der Waals surface area (Å²) in [6, 6.07) is 15.3. The SMILES string of the molecule is O=c1ccc(Br)cn1Cc1ccccc1-c1cccnc1. The lowest BCUT2D eigenvalue weighted by atomic mass is 10.0. The van der Waals surface area contributed by atoms with Crippen LogP contribution in [0.25, 0.3) is 11.1 Å². The van der Waals surface area contributed by atoms with E-state index >= 15 is 0 Å². The fourth-order valence-corrected chi connectivity index (χ4v) is 2.65. The Balaban J connectivity index is 2.04. The number of hydrogen-bond donors (Lipinski definition) is 0. The van der Waals surface area contributed by atoms with Gasteiger partial charge in [0, 0.05) is 34.7 Å². The molecule has 2 heterocycles. The number of hydrogen-bond acceptors (Lipinski definition) is 2. The van der Waals surface area contributed by atoms with Crippen molar-refractivity contribution in [1.29, 1.82) is 0 Å². The van der Waals surface area contributed by atoms with Crippen LogP contribution in [0.2, 0.25) is 0 Å². The van der Waals surface area contributed by atoms with Gasteiger partial charge in [0.25, 0.3) is 5.56 Å². The molecule has 0 saturated carbocycles. The number of aromatic nitrogens is 2. The Labute approximate surface area is 131 Å². The summed E-state index contributed by atoms with van der Waals surface area (Å²) in [6.45, 7) is 0.531. The van der Waals surface area contributed by atoms with E-state index in [1.165, 1.54) is 0 Å². The van der Waals surface area contributed by atoms with Gasteiger partial charge in [-0.3, -0.25) is 9.78 Å². The summed E-state index contributed by atoms with van der Waals surface area (Å²) in [6.07, 6.45) is 5.40. The van der Waals surface area contributed by atoms with E-state index in [-0.39, 0.29) is 5.56 Å². The minimum absolute atomic E-state index is 0.0146. The molecule has 0 aliphatic rings. The molecule has 0 radical (unpaired) electrons. The van der Waals surface area contributed by atoms with E-state index in [1.807, 2.05) is 42.7 Å². The van der Waals surface area contributed by atoms with E-state index < -0.39 is 0 Å². The molecule has 0 N–H and O–H groups in total. The third-order valence-corrected chi connectivity index (χ3v) is 3.75. The normalized spacial score (nSPS) is 10.5. The van der Waals surface area contributed by atoms with Crippen LogP contribution in [-0.4, -0.2) is 9.55 Å². The Morgan fingerprint density at radius 2 is 1.90 bits per heavy atom. The molecule has 104 valence electrons. The maximum atomic E-state index is 12.0. The Morgan fingerprint density at radius 3 is 2.71 bits per heavy atom. The van der Waals surface area contributed by atoms with Crippen LogP contribution in [0.1, 0.15) is 5.56 Å². The number of nitrogens with zero attached hydrogens (tertiary/aromatic N) is 2. The largest absolute Gasteiger partial charge is 0.310 e. The Hall–Kier alpha value is -2.20. The van der Waals surface area contributed by atoms with Crippen LogP contribution >= 0.6 is 15.9 Å². The molecule has 0 atom stereocenters. The highest BCUT2D eigenvalue weighted by molar-refractivity contribution is 9.10. The molecule has 4 heteroatoms. The average Bonchev–Trinajstić information content (AvgIpc) is 2.52. The molecule has 0 bridgehead atoms. The van der Waals surface area contributed by atoms with Crippen molar-refractivity contribution in [2.45, 2.75) is 6.54 Å². The Bertz CT molecular complexity index is 812. The van der Waals surface area contributed by atoms with Crippen molar-refractivity contribution in [2.24, 2.45) is 0 Å². The van der Waals surface area contributed by atoms with E-state index in [4.69, 9.17) is 0 Å². The fourth-order valence-electron chi connectivity index (χ4n) is 2.27. The molecular formula is C17H13BrN2O. The lowest BCUT2D eigenvalue weighted by molar-refractivity contribution is 0.757. The minimum Gasteiger partial charge on any atom is -0.310 e. The monoisotopic (exact) mass is 340 g/mol. The first kappa shape index (κ1) is 13.8. The summed E-state index contributed by atoms with van der Waals surface area (Å²) in [5.41, 5.74) is 3.22. The van der Waals surface area contributed by atoms with Gasteiger partial charge >= 0.3 is 0 Å². The van der Waals surface area contributed by atoms with Crippen molar-refractivity contribution in [2.75, 3.05) is 0 Å². The van der Waals surface area contributed by atoms with Gasteiger partial charge in [-0.15, -0.1) is 0 Å². The maximum absolute atomic E-state index is 12.0. The quantitative estimate of drug-likeness (QED) is 0.728. The summed E-state index contributed by atoms with van der Waals surface area (Å²) in [4.78, 5) is 16.1. The highest BCUT2D eigenvalue weighted by atomic mass is 79.9. The first-order valence-electron chi connectivity index (χ1n) is 6.58. The smallest absolute Gasteiger partial charge is 0.250 e. The van der Waals surface area contributed by atoms with E-state index in [1.54, 1.807) is 22.9 Å². The first-order chi connectivity index (χ1) is 10.2. The van der Waals surface area contributed by atoms with Gasteiger partial charge in [0.1, 0.15) is 0 Å². The summed E-state index contributed by atoms with van der Waals surface area (Å²) in [5, 5.41) is 0.